The molecule has 0 bridgehead atoms. The molecule has 8 heteroatoms. The summed E-state index contributed by atoms with van der Waals surface area (Å²) in [4.78, 5) is 14.0. The van der Waals surface area contributed by atoms with Crippen molar-refractivity contribution in [2.75, 3.05) is 24.5 Å². The van der Waals surface area contributed by atoms with E-state index < -0.39 is 0 Å². The van der Waals surface area contributed by atoms with Crippen LogP contribution in [0.5, 0.6) is 0 Å². The minimum Gasteiger partial charge on any atom is -0.369 e. The van der Waals surface area contributed by atoms with Gasteiger partial charge >= 0.3 is 0 Å². The van der Waals surface area contributed by atoms with Gasteiger partial charge in [-0.05, 0) is 59.9 Å². The third-order valence-corrected chi connectivity index (χ3v) is 4.99. The van der Waals surface area contributed by atoms with E-state index in [1.165, 1.54) is 10.7 Å². The molecule has 134 valence electrons. The van der Waals surface area contributed by atoms with Crippen LogP contribution in [0.4, 0.5) is 10.1 Å². The maximum atomic E-state index is 13.8. The fourth-order valence-electron chi connectivity index (χ4n) is 3.14. The Morgan fingerprint density at radius 1 is 1.32 bits per heavy atom. The van der Waals surface area contributed by atoms with E-state index in [1.54, 1.807) is 12.3 Å². The second kappa shape index (κ2) is 8.59. The van der Waals surface area contributed by atoms with Crippen LogP contribution in [0.1, 0.15) is 19.3 Å². The van der Waals surface area contributed by atoms with Gasteiger partial charge < -0.3 is 10.2 Å². The Morgan fingerprint density at radius 2 is 2.08 bits per heavy atom. The Bertz CT molecular complexity index is 715. The number of carbonyl (C=O) groups is 1. The highest BCUT2D eigenvalue weighted by Gasteiger charge is 2.21. The van der Waals surface area contributed by atoms with E-state index in [-0.39, 0.29) is 18.3 Å². The number of hydrogen-bond acceptors (Lipinski definition) is 4. The van der Waals surface area contributed by atoms with Crippen molar-refractivity contribution >= 4 is 34.2 Å². The molecule has 0 spiro atoms. The zero-order valence-corrected chi connectivity index (χ0v) is 16.0. The van der Waals surface area contributed by atoms with Crippen LogP contribution in [0.3, 0.4) is 0 Å². The zero-order valence-electron chi connectivity index (χ0n) is 13.9. The van der Waals surface area contributed by atoms with Crippen molar-refractivity contribution in [3.05, 3.63) is 40.0 Å². The number of aromatic nitrogens is 3. The van der Waals surface area contributed by atoms with Crippen molar-refractivity contribution < 1.29 is 9.18 Å². The summed E-state index contributed by atoms with van der Waals surface area (Å²) < 4.78 is 16.1. The summed E-state index contributed by atoms with van der Waals surface area (Å²) in [6, 6.07) is 6.93. The Kier molecular flexibility index (Phi) is 6.22. The lowest BCUT2D eigenvalue weighted by Crippen LogP contribution is -2.36. The first-order valence-electron chi connectivity index (χ1n) is 8.43. The molecule has 0 saturated carbocycles. The zero-order chi connectivity index (χ0) is 17.6. The predicted octanol–water partition coefficient (Wildman–Crippen LogP) is 2.44. The molecule has 2 aromatic rings. The van der Waals surface area contributed by atoms with Crippen molar-refractivity contribution in [2.45, 2.75) is 25.8 Å². The maximum Gasteiger partial charge on any atom is 0.241 e. The van der Waals surface area contributed by atoms with Gasteiger partial charge in [0.25, 0.3) is 0 Å². The molecule has 1 aliphatic rings. The molecule has 25 heavy (non-hydrogen) atoms. The van der Waals surface area contributed by atoms with Crippen LogP contribution >= 0.6 is 22.6 Å². The molecule has 6 nitrogen and oxygen atoms in total. The molecular formula is C17H21FIN5O. The first-order chi connectivity index (χ1) is 12.1. The quantitative estimate of drug-likeness (QED) is 0.678. The number of halogens is 2. The number of nitrogens with zero attached hydrogens (tertiary/aromatic N) is 4. The average Bonchev–Trinajstić information content (AvgIpc) is 3.01. The first kappa shape index (κ1) is 18.1. The number of hydrogen-bond donors (Lipinski definition) is 1. The van der Waals surface area contributed by atoms with E-state index in [0.717, 1.165) is 36.1 Å². The standard InChI is InChI=1S/C17H21FIN5O/c18-14-3-1-2-4-15(14)23-9-6-13(7-10-23)5-8-20-17(25)12-24-11-16(19)21-22-24/h1-4,11,13H,5-10,12H2,(H,20,25). The van der Waals surface area contributed by atoms with Crippen LogP contribution in [0.2, 0.25) is 0 Å². The summed E-state index contributed by atoms with van der Waals surface area (Å²) >= 11 is 2.06. The number of benzene rings is 1. The summed E-state index contributed by atoms with van der Waals surface area (Å²) in [7, 11) is 0. The molecule has 1 aromatic heterocycles. The van der Waals surface area contributed by atoms with E-state index in [4.69, 9.17) is 0 Å². The third-order valence-electron chi connectivity index (χ3n) is 4.50. The number of carbonyl (C=O) groups excluding carboxylic acids is 1. The number of para-hydroxylation sites is 1. The van der Waals surface area contributed by atoms with Crippen molar-refractivity contribution in [3.8, 4) is 0 Å². The fraction of sp³-hybridized carbons (Fsp3) is 0.471. The molecule has 0 unspecified atom stereocenters. The van der Waals surface area contributed by atoms with E-state index in [2.05, 4.69) is 43.1 Å². The van der Waals surface area contributed by atoms with Crippen LogP contribution in [-0.2, 0) is 11.3 Å². The SMILES string of the molecule is O=C(Cn1cc(I)nn1)NCCC1CCN(c2ccccc2F)CC1. The van der Waals surface area contributed by atoms with Gasteiger partial charge in [-0.15, -0.1) is 5.10 Å². The van der Waals surface area contributed by atoms with Crippen molar-refractivity contribution in [3.63, 3.8) is 0 Å². The summed E-state index contributed by atoms with van der Waals surface area (Å²) in [5.74, 6) is 0.358. The van der Waals surface area contributed by atoms with Gasteiger partial charge in [-0.3, -0.25) is 4.79 Å². The monoisotopic (exact) mass is 457 g/mol. The van der Waals surface area contributed by atoms with Crippen molar-refractivity contribution in [1.29, 1.82) is 0 Å². The Morgan fingerprint density at radius 3 is 2.76 bits per heavy atom. The second-order valence-electron chi connectivity index (χ2n) is 6.26. The summed E-state index contributed by atoms with van der Waals surface area (Å²) in [6.45, 7) is 2.57. The number of amides is 1. The molecule has 1 aromatic carbocycles. The minimum absolute atomic E-state index is 0.0508. The smallest absolute Gasteiger partial charge is 0.241 e. The Labute approximate surface area is 159 Å². The van der Waals surface area contributed by atoms with Crippen molar-refractivity contribution in [2.24, 2.45) is 5.92 Å². The molecule has 1 saturated heterocycles. The molecule has 1 amide bonds. The lowest BCUT2D eigenvalue weighted by molar-refractivity contribution is -0.121. The highest BCUT2D eigenvalue weighted by Crippen LogP contribution is 2.26. The van der Waals surface area contributed by atoms with Crippen LogP contribution in [0.15, 0.2) is 30.5 Å². The lowest BCUT2D eigenvalue weighted by atomic mass is 9.93. The molecule has 1 fully saturated rings. The van der Waals surface area contributed by atoms with Crippen LogP contribution < -0.4 is 10.2 Å². The highest BCUT2D eigenvalue weighted by molar-refractivity contribution is 14.1. The van der Waals surface area contributed by atoms with Gasteiger partial charge in [0.2, 0.25) is 5.91 Å². The lowest BCUT2D eigenvalue weighted by Gasteiger charge is -2.33. The number of piperidine rings is 1. The largest absolute Gasteiger partial charge is 0.369 e. The number of rotatable bonds is 6. The van der Waals surface area contributed by atoms with Gasteiger partial charge in [0.15, 0.2) is 0 Å². The topological polar surface area (TPSA) is 63.1 Å². The summed E-state index contributed by atoms with van der Waals surface area (Å²) in [6.07, 6.45) is 4.72. The van der Waals surface area contributed by atoms with Gasteiger partial charge in [0, 0.05) is 19.6 Å². The van der Waals surface area contributed by atoms with Gasteiger partial charge in [-0.1, -0.05) is 17.3 Å². The van der Waals surface area contributed by atoms with Gasteiger partial charge in [0.1, 0.15) is 16.1 Å². The number of anilines is 1. The third kappa shape index (κ3) is 5.13. The predicted molar refractivity (Wildman–Crippen MR) is 102 cm³/mol. The first-order valence-corrected chi connectivity index (χ1v) is 9.51. The average molecular weight is 457 g/mol. The van der Waals surface area contributed by atoms with E-state index >= 15 is 0 Å². The van der Waals surface area contributed by atoms with Gasteiger partial charge in [-0.2, -0.15) is 0 Å². The van der Waals surface area contributed by atoms with E-state index in [9.17, 15) is 9.18 Å². The minimum atomic E-state index is -0.156. The highest BCUT2D eigenvalue weighted by atomic mass is 127. The van der Waals surface area contributed by atoms with Crippen LogP contribution in [0.25, 0.3) is 0 Å². The van der Waals surface area contributed by atoms with E-state index in [1.807, 2.05) is 12.1 Å². The van der Waals surface area contributed by atoms with Gasteiger partial charge in [0.05, 0.1) is 11.9 Å². The Hall–Kier alpha value is -1.71. The van der Waals surface area contributed by atoms with Gasteiger partial charge in [-0.25, -0.2) is 9.07 Å². The van der Waals surface area contributed by atoms with Crippen molar-refractivity contribution in [1.82, 2.24) is 20.3 Å². The molecule has 1 N–H and O–H groups in total. The normalized spacial score (nSPS) is 15.4. The molecule has 1 aliphatic heterocycles. The molecule has 2 heterocycles. The summed E-state index contributed by atoms with van der Waals surface area (Å²) in [5, 5.41) is 10.6. The van der Waals surface area contributed by atoms with Crippen LogP contribution in [0, 0.1) is 15.4 Å². The van der Waals surface area contributed by atoms with Crippen LogP contribution in [-0.4, -0.2) is 40.5 Å². The summed E-state index contributed by atoms with van der Waals surface area (Å²) in [5.41, 5.74) is 0.691. The molecule has 0 aliphatic carbocycles. The molecular weight excluding hydrogens is 436 g/mol. The Balaban J connectivity index is 1.36. The van der Waals surface area contributed by atoms with E-state index in [0.29, 0.717) is 18.2 Å². The molecule has 3 rings (SSSR count). The molecule has 0 atom stereocenters. The number of nitrogens with one attached hydrogen (secondary N) is 1. The fourth-order valence-corrected chi connectivity index (χ4v) is 3.56. The molecule has 0 radical (unpaired) electrons. The maximum absolute atomic E-state index is 13.8. The second-order valence-corrected chi connectivity index (χ2v) is 7.36.